The second-order valence-electron chi connectivity index (χ2n) is 2.63. The molecule has 1 rings (SSSR count). The van der Waals surface area contributed by atoms with Crippen molar-refractivity contribution >= 4 is 11.4 Å². The molecule has 0 aromatic heterocycles. The zero-order chi connectivity index (χ0) is 8.97. The molecule has 0 aliphatic heterocycles. The first-order valence-corrected chi connectivity index (χ1v) is 3.62. The van der Waals surface area contributed by atoms with Gasteiger partial charge in [0.05, 0.1) is 5.69 Å². The Hall–Kier alpha value is -1.58. The van der Waals surface area contributed by atoms with Crippen LogP contribution in [0.1, 0.15) is 0 Å². The van der Waals surface area contributed by atoms with Crippen LogP contribution < -0.4 is 10.7 Å². The van der Waals surface area contributed by atoms with Gasteiger partial charge < -0.3 is 10.7 Å². The van der Waals surface area contributed by atoms with Gasteiger partial charge in [-0.2, -0.15) is 0 Å². The van der Waals surface area contributed by atoms with Crippen molar-refractivity contribution in [1.82, 2.24) is 0 Å². The van der Waals surface area contributed by atoms with Gasteiger partial charge >= 0.3 is 0 Å². The van der Waals surface area contributed by atoms with Gasteiger partial charge in [-0.1, -0.05) is 5.22 Å². The Bertz CT molecular complexity index is 263. The van der Waals surface area contributed by atoms with Gasteiger partial charge in [-0.05, 0) is 24.3 Å². The summed E-state index contributed by atoms with van der Waals surface area (Å²) in [6.07, 6.45) is 0. The number of nitrogens with zero attached hydrogens (tertiary/aromatic N) is 3. The van der Waals surface area contributed by atoms with Crippen LogP contribution in [0.4, 0.5) is 11.4 Å². The van der Waals surface area contributed by atoms with Crippen molar-refractivity contribution in [2.45, 2.75) is 0 Å². The summed E-state index contributed by atoms with van der Waals surface area (Å²) in [5, 5.41) is 6.88. The largest absolute Gasteiger partial charge is 0.378 e. The lowest BCUT2D eigenvalue weighted by Gasteiger charge is -2.11. The monoisotopic (exact) mass is 164 g/mol. The molecule has 4 heteroatoms. The normalized spacial score (nSPS) is 10.5. The molecule has 1 aromatic carbocycles. The summed E-state index contributed by atoms with van der Waals surface area (Å²) >= 11 is 0. The summed E-state index contributed by atoms with van der Waals surface area (Å²) in [7, 11) is 3.97. The van der Waals surface area contributed by atoms with Gasteiger partial charge in [-0.15, -0.1) is 5.11 Å². The zero-order valence-corrected chi connectivity index (χ0v) is 7.23. The number of hydrogen-bond acceptors (Lipinski definition) is 3. The second kappa shape index (κ2) is 3.71. The highest BCUT2D eigenvalue weighted by molar-refractivity contribution is 5.51. The molecule has 4 nitrogen and oxygen atoms in total. The molecular formula is C8H12N4. The fourth-order valence-electron chi connectivity index (χ4n) is 0.884. The molecule has 0 aliphatic carbocycles. The smallest absolute Gasteiger partial charge is 0.0875 e. The van der Waals surface area contributed by atoms with E-state index < -0.39 is 0 Å². The van der Waals surface area contributed by atoms with Crippen molar-refractivity contribution in [2.24, 2.45) is 16.2 Å². The van der Waals surface area contributed by atoms with Gasteiger partial charge in [-0.25, -0.2) is 0 Å². The maximum Gasteiger partial charge on any atom is 0.0875 e. The van der Waals surface area contributed by atoms with Crippen molar-refractivity contribution in [3.05, 3.63) is 24.3 Å². The average Bonchev–Trinajstić information content (AvgIpc) is 2.06. The number of benzene rings is 1. The fraction of sp³-hybridized carbons (Fsp3) is 0.250. The van der Waals surface area contributed by atoms with E-state index in [2.05, 4.69) is 10.3 Å². The molecule has 64 valence electrons. The minimum atomic E-state index is 0.767. The van der Waals surface area contributed by atoms with Crippen LogP contribution in [0.25, 0.3) is 0 Å². The van der Waals surface area contributed by atoms with Gasteiger partial charge in [0.1, 0.15) is 0 Å². The summed E-state index contributed by atoms with van der Waals surface area (Å²) in [5.41, 5.74) is 1.90. The molecule has 0 saturated carbocycles. The highest BCUT2D eigenvalue weighted by Gasteiger charge is 1.93. The number of rotatable bonds is 2. The van der Waals surface area contributed by atoms with E-state index in [1.54, 1.807) is 0 Å². The quantitative estimate of drug-likeness (QED) is 0.411. The third kappa shape index (κ3) is 1.95. The van der Waals surface area contributed by atoms with E-state index in [9.17, 15) is 0 Å². The molecule has 0 aliphatic rings. The Morgan fingerprint density at radius 3 is 2.17 bits per heavy atom. The first-order chi connectivity index (χ1) is 5.74. The molecule has 2 N–H and O–H groups in total. The highest BCUT2D eigenvalue weighted by Crippen LogP contribution is 2.17. The van der Waals surface area contributed by atoms with Crippen molar-refractivity contribution in [3.63, 3.8) is 0 Å². The molecule has 0 unspecified atom stereocenters. The molecular weight excluding hydrogens is 152 g/mol. The predicted molar refractivity (Wildman–Crippen MR) is 49.5 cm³/mol. The van der Waals surface area contributed by atoms with Gasteiger partial charge in [0, 0.05) is 19.8 Å². The van der Waals surface area contributed by atoms with Crippen molar-refractivity contribution in [1.29, 1.82) is 0 Å². The summed E-state index contributed by atoms with van der Waals surface area (Å²) in [4.78, 5) is 2.02. The van der Waals surface area contributed by atoms with Gasteiger partial charge in [0.25, 0.3) is 0 Å². The molecule has 12 heavy (non-hydrogen) atoms. The third-order valence-electron chi connectivity index (χ3n) is 1.54. The maximum atomic E-state index is 4.91. The molecule has 1 aromatic rings. The van der Waals surface area contributed by atoms with Crippen LogP contribution in [-0.2, 0) is 0 Å². The molecule has 0 bridgehead atoms. The molecule has 0 heterocycles. The SMILES string of the molecule is CN(C)c1ccc(N=NN)cc1. The van der Waals surface area contributed by atoms with E-state index in [-0.39, 0.29) is 0 Å². The lowest BCUT2D eigenvalue weighted by molar-refractivity contribution is 1.06. The summed E-state index contributed by atoms with van der Waals surface area (Å²) in [6, 6.07) is 7.66. The number of anilines is 1. The Kier molecular flexibility index (Phi) is 2.63. The van der Waals surface area contributed by atoms with Crippen LogP contribution in [0.2, 0.25) is 0 Å². The van der Waals surface area contributed by atoms with Crippen LogP contribution in [0, 0.1) is 0 Å². The van der Waals surface area contributed by atoms with Crippen LogP contribution in [0.15, 0.2) is 34.6 Å². The standard InChI is InChI=1S/C8H12N4/c1-12(2)8-5-3-7(4-6-8)10-11-9/h3-6H,1-2H3,(H2,9,10). The third-order valence-corrected chi connectivity index (χ3v) is 1.54. The van der Waals surface area contributed by atoms with Crippen molar-refractivity contribution in [3.8, 4) is 0 Å². The Morgan fingerprint density at radius 1 is 1.17 bits per heavy atom. The minimum absolute atomic E-state index is 0.767. The van der Waals surface area contributed by atoms with Gasteiger partial charge in [-0.3, -0.25) is 0 Å². The Morgan fingerprint density at radius 2 is 1.75 bits per heavy atom. The molecule has 0 saturated heterocycles. The topological polar surface area (TPSA) is 54.0 Å². The first-order valence-electron chi connectivity index (χ1n) is 3.62. The Labute approximate surface area is 71.7 Å². The highest BCUT2D eigenvalue weighted by atomic mass is 15.3. The molecule has 0 amide bonds. The Balaban J connectivity index is 2.85. The number of nitrogens with two attached hydrogens (primary N) is 1. The van der Waals surface area contributed by atoms with E-state index in [4.69, 9.17) is 5.84 Å². The summed E-state index contributed by atoms with van der Waals surface area (Å²) < 4.78 is 0. The lowest BCUT2D eigenvalue weighted by Crippen LogP contribution is -2.07. The molecule has 0 atom stereocenters. The predicted octanol–water partition coefficient (Wildman–Crippen LogP) is 1.71. The second-order valence-corrected chi connectivity index (χ2v) is 2.63. The van der Waals surface area contributed by atoms with Gasteiger partial charge in [0.15, 0.2) is 0 Å². The van der Waals surface area contributed by atoms with Gasteiger partial charge in [0.2, 0.25) is 0 Å². The van der Waals surface area contributed by atoms with Crippen LogP contribution in [0.5, 0.6) is 0 Å². The van der Waals surface area contributed by atoms with E-state index in [1.807, 2.05) is 43.3 Å². The lowest BCUT2D eigenvalue weighted by atomic mass is 10.3. The van der Waals surface area contributed by atoms with E-state index in [0.29, 0.717) is 0 Å². The average molecular weight is 164 g/mol. The van der Waals surface area contributed by atoms with Crippen LogP contribution >= 0.6 is 0 Å². The summed E-state index contributed by atoms with van der Waals surface area (Å²) in [6.45, 7) is 0. The molecule has 0 radical (unpaired) electrons. The number of hydrogen-bond donors (Lipinski definition) is 1. The molecule has 0 spiro atoms. The molecule has 0 fully saturated rings. The zero-order valence-electron chi connectivity index (χ0n) is 7.23. The van der Waals surface area contributed by atoms with Crippen molar-refractivity contribution < 1.29 is 0 Å². The summed E-state index contributed by atoms with van der Waals surface area (Å²) in [5.74, 6) is 4.91. The van der Waals surface area contributed by atoms with E-state index >= 15 is 0 Å². The van der Waals surface area contributed by atoms with Crippen LogP contribution in [-0.4, -0.2) is 14.1 Å². The fourth-order valence-corrected chi connectivity index (χ4v) is 0.884. The minimum Gasteiger partial charge on any atom is -0.378 e. The van der Waals surface area contributed by atoms with E-state index in [1.165, 1.54) is 0 Å². The van der Waals surface area contributed by atoms with Crippen molar-refractivity contribution in [2.75, 3.05) is 19.0 Å². The maximum absolute atomic E-state index is 4.91. The van der Waals surface area contributed by atoms with E-state index in [0.717, 1.165) is 11.4 Å². The first kappa shape index (κ1) is 8.52. The van der Waals surface area contributed by atoms with Crippen LogP contribution in [0.3, 0.4) is 0 Å².